The highest BCUT2D eigenvalue weighted by Gasteiger charge is 2.15. The lowest BCUT2D eigenvalue weighted by Gasteiger charge is -2.22. The summed E-state index contributed by atoms with van der Waals surface area (Å²) >= 11 is 8.45. The van der Waals surface area contributed by atoms with Crippen LogP contribution in [0.15, 0.2) is 22.7 Å². The molecule has 0 aliphatic carbocycles. The second kappa shape index (κ2) is 6.50. The Morgan fingerprint density at radius 1 is 1.44 bits per heavy atom. The summed E-state index contributed by atoms with van der Waals surface area (Å²) in [5, 5.41) is 0. The predicted molar refractivity (Wildman–Crippen MR) is 79.1 cm³/mol. The molecule has 0 radical (unpaired) electrons. The molecular weight excluding hydrogens is 314 g/mol. The van der Waals surface area contributed by atoms with Gasteiger partial charge >= 0.3 is 0 Å². The number of ether oxygens (including phenoxy) is 2. The van der Waals surface area contributed by atoms with Crippen LogP contribution in [-0.2, 0) is 4.74 Å². The minimum absolute atomic E-state index is 0.365. The highest BCUT2D eigenvalue weighted by Crippen LogP contribution is 2.25. The summed E-state index contributed by atoms with van der Waals surface area (Å²) in [5.41, 5.74) is 6.48. The highest BCUT2D eigenvalue weighted by atomic mass is 79.9. The zero-order valence-corrected chi connectivity index (χ0v) is 12.4. The zero-order chi connectivity index (χ0) is 13.0. The SMILES string of the molecule is NC(=S)c1ccc(Br)cc1OCC1CCOCC1. The van der Waals surface area contributed by atoms with Crippen molar-refractivity contribution in [2.24, 2.45) is 11.7 Å². The summed E-state index contributed by atoms with van der Waals surface area (Å²) in [4.78, 5) is 0.365. The van der Waals surface area contributed by atoms with Crippen LogP contribution in [-0.4, -0.2) is 24.8 Å². The van der Waals surface area contributed by atoms with Crippen LogP contribution in [0.1, 0.15) is 18.4 Å². The van der Waals surface area contributed by atoms with E-state index in [9.17, 15) is 0 Å². The zero-order valence-electron chi connectivity index (χ0n) is 10.0. The number of nitrogens with two attached hydrogens (primary N) is 1. The molecule has 98 valence electrons. The fraction of sp³-hybridized carbons (Fsp3) is 0.462. The van der Waals surface area contributed by atoms with Crippen LogP contribution in [0.4, 0.5) is 0 Å². The molecule has 1 aromatic carbocycles. The summed E-state index contributed by atoms with van der Waals surface area (Å²) in [5.74, 6) is 1.31. The summed E-state index contributed by atoms with van der Waals surface area (Å²) in [6.07, 6.45) is 2.10. The maximum absolute atomic E-state index is 5.87. The second-order valence-corrected chi connectivity index (χ2v) is 5.73. The highest BCUT2D eigenvalue weighted by molar-refractivity contribution is 9.10. The molecular formula is C13H16BrNO2S. The van der Waals surface area contributed by atoms with Crippen molar-refractivity contribution in [3.8, 4) is 5.75 Å². The van der Waals surface area contributed by atoms with Gasteiger partial charge in [-0.05, 0) is 37.0 Å². The Balaban J connectivity index is 2.03. The Labute approximate surface area is 121 Å². The monoisotopic (exact) mass is 329 g/mol. The third-order valence-corrected chi connectivity index (χ3v) is 3.74. The van der Waals surface area contributed by atoms with E-state index >= 15 is 0 Å². The minimum Gasteiger partial charge on any atom is -0.493 e. The molecule has 1 fully saturated rings. The molecule has 2 rings (SSSR count). The van der Waals surface area contributed by atoms with Crippen LogP contribution in [0, 0.1) is 5.92 Å². The van der Waals surface area contributed by atoms with Gasteiger partial charge in [0.2, 0.25) is 0 Å². The molecule has 1 aromatic rings. The topological polar surface area (TPSA) is 44.5 Å². The van der Waals surface area contributed by atoms with Crippen molar-refractivity contribution in [2.45, 2.75) is 12.8 Å². The number of hydrogen-bond acceptors (Lipinski definition) is 3. The first kappa shape index (κ1) is 13.8. The molecule has 1 heterocycles. The molecule has 5 heteroatoms. The van der Waals surface area contributed by atoms with Crippen LogP contribution in [0.5, 0.6) is 5.75 Å². The molecule has 1 aliphatic heterocycles. The third-order valence-electron chi connectivity index (χ3n) is 3.02. The van der Waals surface area contributed by atoms with E-state index in [0.717, 1.165) is 41.8 Å². The van der Waals surface area contributed by atoms with Crippen LogP contribution in [0.3, 0.4) is 0 Å². The molecule has 3 nitrogen and oxygen atoms in total. The van der Waals surface area contributed by atoms with E-state index in [2.05, 4.69) is 15.9 Å². The number of halogens is 1. The lowest BCUT2D eigenvalue weighted by molar-refractivity contribution is 0.0497. The third kappa shape index (κ3) is 3.67. The van der Waals surface area contributed by atoms with E-state index in [1.54, 1.807) is 0 Å². The maximum atomic E-state index is 5.87. The van der Waals surface area contributed by atoms with Crippen molar-refractivity contribution < 1.29 is 9.47 Å². The second-order valence-electron chi connectivity index (χ2n) is 4.37. The molecule has 0 amide bonds. The molecule has 0 unspecified atom stereocenters. The summed E-state index contributed by atoms with van der Waals surface area (Å²) < 4.78 is 12.2. The molecule has 0 bridgehead atoms. The molecule has 0 atom stereocenters. The van der Waals surface area contributed by atoms with Crippen LogP contribution >= 0.6 is 28.1 Å². The van der Waals surface area contributed by atoms with Crippen molar-refractivity contribution in [3.63, 3.8) is 0 Å². The van der Waals surface area contributed by atoms with E-state index < -0.39 is 0 Å². The predicted octanol–water partition coefficient (Wildman–Crippen LogP) is 2.89. The average Bonchev–Trinajstić information content (AvgIpc) is 2.37. The van der Waals surface area contributed by atoms with Gasteiger partial charge in [-0.2, -0.15) is 0 Å². The van der Waals surface area contributed by atoms with Crippen molar-refractivity contribution in [1.82, 2.24) is 0 Å². The fourth-order valence-electron chi connectivity index (χ4n) is 1.94. The van der Waals surface area contributed by atoms with Gasteiger partial charge in [-0.1, -0.05) is 28.1 Å². The van der Waals surface area contributed by atoms with Gasteiger partial charge in [0.1, 0.15) is 10.7 Å². The van der Waals surface area contributed by atoms with Crippen LogP contribution in [0.25, 0.3) is 0 Å². The van der Waals surface area contributed by atoms with Crippen LogP contribution in [0.2, 0.25) is 0 Å². The quantitative estimate of drug-likeness (QED) is 0.862. The lowest BCUT2D eigenvalue weighted by Crippen LogP contribution is -2.22. The Hall–Kier alpha value is -0.650. The first-order chi connectivity index (χ1) is 8.66. The van der Waals surface area contributed by atoms with Gasteiger partial charge in [-0.15, -0.1) is 0 Å². The Morgan fingerprint density at radius 2 is 2.17 bits per heavy atom. The largest absolute Gasteiger partial charge is 0.493 e. The summed E-state index contributed by atoms with van der Waals surface area (Å²) in [7, 11) is 0. The van der Waals surface area contributed by atoms with Gasteiger partial charge in [0.25, 0.3) is 0 Å². The first-order valence-corrected chi connectivity index (χ1v) is 7.17. The van der Waals surface area contributed by atoms with E-state index in [0.29, 0.717) is 17.5 Å². The molecule has 1 aliphatic rings. The van der Waals surface area contributed by atoms with Crippen molar-refractivity contribution >= 4 is 33.1 Å². The van der Waals surface area contributed by atoms with Gasteiger partial charge in [-0.25, -0.2) is 0 Å². The molecule has 2 N–H and O–H groups in total. The normalized spacial score (nSPS) is 16.5. The molecule has 0 aromatic heterocycles. The minimum atomic E-state index is 0.365. The van der Waals surface area contributed by atoms with Crippen molar-refractivity contribution in [2.75, 3.05) is 19.8 Å². The van der Waals surface area contributed by atoms with Gasteiger partial charge in [-0.3, -0.25) is 0 Å². The first-order valence-electron chi connectivity index (χ1n) is 5.96. The number of hydrogen-bond donors (Lipinski definition) is 1. The van der Waals surface area contributed by atoms with Crippen molar-refractivity contribution in [3.05, 3.63) is 28.2 Å². The van der Waals surface area contributed by atoms with E-state index in [1.165, 1.54) is 0 Å². The molecule has 18 heavy (non-hydrogen) atoms. The van der Waals surface area contributed by atoms with Gasteiger partial charge in [0.15, 0.2) is 0 Å². The Bertz CT molecular complexity index is 433. The van der Waals surface area contributed by atoms with Crippen molar-refractivity contribution in [1.29, 1.82) is 0 Å². The van der Waals surface area contributed by atoms with Crippen LogP contribution < -0.4 is 10.5 Å². The fourth-order valence-corrected chi connectivity index (χ4v) is 2.45. The molecule has 0 spiro atoms. The smallest absolute Gasteiger partial charge is 0.130 e. The van der Waals surface area contributed by atoms with Gasteiger partial charge < -0.3 is 15.2 Å². The Kier molecular flexibility index (Phi) is 4.97. The maximum Gasteiger partial charge on any atom is 0.130 e. The average molecular weight is 330 g/mol. The van der Waals surface area contributed by atoms with Gasteiger partial charge in [0.05, 0.1) is 12.2 Å². The van der Waals surface area contributed by atoms with Gasteiger partial charge in [0, 0.05) is 17.7 Å². The van der Waals surface area contributed by atoms with E-state index in [-0.39, 0.29) is 0 Å². The Morgan fingerprint density at radius 3 is 2.83 bits per heavy atom. The van der Waals surface area contributed by atoms with E-state index in [1.807, 2.05) is 18.2 Å². The molecule has 1 saturated heterocycles. The number of benzene rings is 1. The lowest BCUT2D eigenvalue weighted by atomic mass is 10.0. The number of thiocarbonyl (C=S) groups is 1. The number of rotatable bonds is 4. The van der Waals surface area contributed by atoms with E-state index in [4.69, 9.17) is 27.4 Å². The standard InChI is InChI=1S/C13H16BrNO2S/c14-10-1-2-11(13(15)18)12(7-10)17-8-9-3-5-16-6-4-9/h1-2,7,9H,3-6,8H2,(H2,15,18). The summed E-state index contributed by atoms with van der Waals surface area (Å²) in [6, 6.07) is 5.70. The summed E-state index contributed by atoms with van der Waals surface area (Å²) in [6.45, 7) is 2.35. The molecule has 0 saturated carbocycles.